The Kier molecular flexibility index (Phi) is 2.99. The summed E-state index contributed by atoms with van der Waals surface area (Å²) in [4.78, 5) is 13.5. The number of benzene rings is 1. The number of hydrogen-bond acceptors (Lipinski definition) is 2. The highest BCUT2D eigenvalue weighted by Crippen LogP contribution is 2.32. The molecule has 0 radical (unpaired) electrons. The van der Waals surface area contributed by atoms with Crippen molar-refractivity contribution >= 4 is 11.7 Å². The molecule has 1 N–H and O–H groups in total. The quantitative estimate of drug-likeness (QED) is 0.726. The molecule has 4 heteroatoms. The third-order valence-electron chi connectivity index (χ3n) is 2.70. The number of anilines is 1. The number of urea groups is 1. The molecule has 1 unspecified atom stereocenters. The average Bonchev–Trinajstić information content (AvgIpc) is 2.46. The summed E-state index contributed by atoms with van der Waals surface area (Å²) in [6.45, 7) is 2.70. The molecule has 1 heterocycles. The summed E-state index contributed by atoms with van der Waals surface area (Å²) in [5.41, 5.74) is 0.839. The minimum absolute atomic E-state index is 0.0925. The summed E-state index contributed by atoms with van der Waals surface area (Å²) in [5.74, 6) is 0.774. The molecule has 86 valence electrons. The van der Waals surface area contributed by atoms with Gasteiger partial charge in [-0.05, 0) is 19.1 Å². The lowest BCUT2D eigenvalue weighted by Gasteiger charge is -2.20. The monoisotopic (exact) mass is 220 g/mol. The Morgan fingerprint density at radius 1 is 1.50 bits per heavy atom. The molecule has 0 bridgehead atoms. The SMILES string of the molecule is CNC(=O)N1CCC(C)Oc2ccccc21. The molecule has 1 aromatic carbocycles. The summed E-state index contributed by atoms with van der Waals surface area (Å²) in [6.07, 6.45) is 0.970. The first-order chi connectivity index (χ1) is 7.72. The second-order valence-corrected chi connectivity index (χ2v) is 3.89. The van der Waals surface area contributed by atoms with Crippen LogP contribution < -0.4 is 15.0 Å². The molecule has 16 heavy (non-hydrogen) atoms. The number of carbonyl (C=O) groups excluding carboxylic acids is 1. The van der Waals surface area contributed by atoms with Gasteiger partial charge in [0.15, 0.2) is 0 Å². The van der Waals surface area contributed by atoms with Crippen molar-refractivity contribution in [1.29, 1.82) is 0 Å². The Morgan fingerprint density at radius 3 is 3.00 bits per heavy atom. The number of fused-ring (bicyclic) bond motifs is 1. The number of rotatable bonds is 0. The Morgan fingerprint density at radius 2 is 2.25 bits per heavy atom. The van der Waals surface area contributed by atoms with Gasteiger partial charge in [-0.15, -0.1) is 0 Å². The molecule has 0 saturated carbocycles. The molecule has 2 amide bonds. The molecule has 1 aliphatic rings. The summed E-state index contributed by atoms with van der Waals surface area (Å²) in [5, 5.41) is 2.65. The van der Waals surface area contributed by atoms with E-state index in [1.54, 1.807) is 11.9 Å². The topological polar surface area (TPSA) is 41.6 Å². The highest BCUT2D eigenvalue weighted by Gasteiger charge is 2.23. The zero-order valence-electron chi connectivity index (χ0n) is 9.56. The molecule has 0 saturated heterocycles. The molecule has 0 spiro atoms. The fraction of sp³-hybridized carbons (Fsp3) is 0.417. The Hall–Kier alpha value is -1.71. The number of hydrogen-bond donors (Lipinski definition) is 1. The lowest BCUT2D eigenvalue weighted by molar-refractivity contribution is 0.220. The van der Waals surface area contributed by atoms with Gasteiger partial charge < -0.3 is 10.1 Å². The Bertz CT molecular complexity index is 392. The van der Waals surface area contributed by atoms with E-state index in [0.29, 0.717) is 6.54 Å². The van der Waals surface area contributed by atoms with Crippen molar-refractivity contribution in [1.82, 2.24) is 5.32 Å². The fourth-order valence-electron chi connectivity index (χ4n) is 1.83. The molecule has 0 aromatic heterocycles. The van der Waals surface area contributed by atoms with Gasteiger partial charge in [0.05, 0.1) is 11.8 Å². The maximum Gasteiger partial charge on any atom is 0.321 e. The predicted octanol–water partition coefficient (Wildman–Crippen LogP) is 2.00. The number of amides is 2. The molecule has 1 aliphatic heterocycles. The Labute approximate surface area is 95.2 Å². The number of para-hydroxylation sites is 2. The van der Waals surface area contributed by atoms with Crippen LogP contribution in [-0.4, -0.2) is 25.7 Å². The van der Waals surface area contributed by atoms with Crippen molar-refractivity contribution in [3.05, 3.63) is 24.3 Å². The van der Waals surface area contributed by atoms with Crippen molar-refractivity contribution in [3.8, 4) is 5.75 Å². The van der Waals surface area contributed by atoms with E-state index in [4.69, 9.17) is 4.74 Å². The van der Waals surface area contributed by atoms with Crippen LogP contribution in [0.4, 0.5) is 10.5 Å². The van der Waals surface area contributed by atoms with E-state index >= 15 is 0 Å². The number of nitrogens with zero attached hydrogens (tertiary/aromatic N) is 1. The number of carbonyl (C=O) groups is 1. The summed E-state index contributed by atoms with van der Waals surface area (Å²) >= 11 is 0. The van der Waals surface area contributed by atoms with Gasteiger partial charge in [-0.3, -0.25) is 4.90 Å². The van der Waals surface area contributed by atoms with Gasteiger partial charge in [0.2, 0.25) is 0 Å². The predicted molar refractivity (Wildman–Crippen MR) is 63.0 cm³/mol. The number of ether oxygens (including phenoxy) is 1. The van der Waals surface area contributed by atoms with Crippen LogP contribution in [0.25, 0.3) is 0 Å². The first-order valence-corrected chi connectivity index (χ1v) is 5.47. The fourth-order valence-corrected chi connectivity index (χ4v) is 1.83. The van der Waals surface area contributed by atoms with Crippen LogP contribution in [0.1, 0.15) is 13.3 Å². The lowest BCUT2D eigenvalue weighted by Crippen LogP contribution is -2.38. The highest BCUT2D eigenvalue weighted by molar-refractivity contribution is 5.93. The molecule has 4 nitrogen and oxygen atoms in total. The molecular weight excluding hydrogens is 204 g/mol. The van der Waals surface area contributed by atoms with E-state index in [-0.39, 0.29) is 12.1 Å². The van der Waals surface area contributed by atoms with Crippen LogP contribution in [-0.2, 0) is 0 Å². The average molecular weight is 220 g/mol. The minimum Gasteiger partial charge on any atom is -0.488 e. The van der Waals surface area contributed by atoms with Crippen molar-refractivity contribution in [2.45, 2.75) is 19.4 Å². The third-order valence-corrected chi connectivity index (χ3v) is 2.70. The molecule has 1 aromatic rings. The summed E-state index contributed by atoms with van der Waals surface area (Å²) < 4.78 is 5.76. The van der Waals surface area contributed by atoms with E-state index < -0.39 is 0 Å². The second kappa shape index (κ2) is 4.43. The van der Waals surface area contributed by atoms with Gasteiger partial charge in [-0.25, -0.2) is 4.79 Å². The summed E-state index contributed by atoms with van der Waals surface area (Å²) in [6, 6.07) is 7.54. The molecule has 1 atom stereocenters. The van der Waals surface area contributed by atoms with Gasteiger partial charge in [-0.2, -0.15) is 0 Å². The molecular formula is C12H16N2O2. The highest BCUT2D eigenvalue weighted by atomic mass is 16.5. The van der Waals surface area contributed by atoms with E-state index in [2.05, 4.69) is 5.32 Å². The van der Waals surface area contributed by atoms with Crippen molar-refractivity contribution < 1.29 is 9.53 Å². The maximum absolute atomic E-state index is 11.7. The van der Waals surface area contributed by atoms with Crippen LogP contribution in [0, 0.1) is 0 Å². The van der Waals surface area contributed by atoms with Crippen molar-refractivity contribution in [2.24, 2.45) is 0 Å². The van der Waals surface area contributed by atoms with Gasteiger partial charge in [-0.1, -0.05) is 12.1 Å². The first-order valence-electron chi connectivity index (χ1n) is 5.47. The van der Waals surface area contributed by atoms with Crippen LogP contribution in [0.5, 0.6) is 5.75 Å². The van der Waals surface area contributed by atoms with Crippen LogP contribution in [0.2, 0.25) is 0 Å². The minimum atomic E-state index is -0.0925. The maximum atomic E-state index is 11.7. The Balaban J connectivity index is 2.38. The normalized spacial score (nSPS) is 19.4. The van der Waals surface area contributed by atoms with E-state index in [0.717, 1.165) is 17.9 Å². The lowest BCUT2D eigenvalue weighted by atomic mass is 10.2. The molecule has 2 rings (SSSR count). The van der Waals surface area contributed by atoms with Gasteiger partial charge in [0.1, 0.15) is 5.75 Å². The standard InChI is InChI=1S/C12H16N2O2/c1-9-7-8-14(12(15)13-2)10-5-3-4-6-11(10)16-9/h3-6,9H,7-8H2,1-2H3,(H,13,15). The van der Waals surface area contributed by atoms with Crippen LogP contribution in [0.15, 0.2) is 24.3 Å². The van der Waals surface area contributed by atoms with Gasteiger partial charge in [0.25, 0.3) is 0 Å². The smallest absolute Gasteiger partial charge is 0.321 e. The molecule has 0 fully saturated rings. The van der Waals surface area contributed by atoms with E-state index in [1.807, 2.05) is 31.2 Å². The zero-order valence-corrected chi connectivity index (χ0v) is 9.56. The number of nitrogens with one attached hydrogen (secondary N) is 1. The summed E-state index contributed by atoms with van der Waals surface area (Å²) in [7, 11) is 1.64. The van der Waals surface area contributed by atoms with Crippen molar-refractivity contribution in [3.63, 3.8) is 0 Å². The van der Waals surface area contributed by atoms with Crippen LogP contribution in [0.3, 0.4) is 0 Å². The van der Waals surface area contributed by atoms with E-state index in [1.165, 1.54) is 0 Å². The largest absolute Gasteiger partial charge is 0.488 e. The zero-order chi connectivity index (χ0) is 11.5. The van der Waals surface area contributed by atoms with Crippen molar-refractivity contribution in [2.75, 3.05) is 18.5 Å². The van der Waals surface area contributed by atoms with Gasteiger partial charge >= 0.3 is 6.03 Å². The van der Waals surface area contributed by atoms with E-state index in [9.17, 15) is 4.79 Å². The second-order valence-electron chi connectivity index (χ2n) is 3.89. The first kappa shape index (κ1) is 10.8. The molecule has 0 aliphatic carbocycles. The third kappa shape index (κ3) is 1.96. The van der Waals surface area contributed by atoms with Crippen LogP contribution >= 0.6 is 0 Å². The van der Waals surface area contributed by atoms with Gasteiger partial charge in [0, 0.05) is 20.0 Å².